The molecule has 31 heavy (non-hydrogen) atoms. The van der Waals surface area contributed by atoms with Crippen LogP contribution in [0.5, 0.6) is 0 Å². The molecule has 1 aliphatic rings. The topological polar surface area (TPSA) is 40.6 Å². The molecule has 0 radical (unpaired) electrons. The van der Waals surface area contributed by atoms with Gasteiger partial charge in [-0.3, -0.25) is 9.59 Å². The smallest absolute Gasteiger partial charge is 0.248 e. The van der Waals surface area contributed by atoms with E-state index in [0.29, 0.717) is 17.5 Å². The van der Waals surface area contributed by atoms with Gasteiger partial charge in [-0.2, -0.15) is 0 Å². The maximum atomic E-state index is 13.4. The monoisotopic (exact) mass is 434 g/mol. The lowest BCUT2D eigenvalue weighted by Crippen LogP contribution is -2.48. The number of rotatable bonds is 15. The number of hydrogen-bond acceptors (Lipinski definition) is 2. The molecule has 0 N–H and O–H groups in total. The van der Waals surface area contributed by atoms with E-state index in [1.54, 1.807) is 11.8 Å². The number of carbonyl (C=O) groups excluding carboxylic acids is 2. The van der Waals surface area contributed by atoms with Gasteiger partial charge in [0.1, 0.15) is 0 Å². The summed E-state index contributed by atoms with van der Waals surface area (Å²) in [4.78, 5) is 29.3. The lowest BCUT2D eigenvalue weighted by Gasteiger charge is -2.39. The van der Waals surface area contributed by atoms with Gasteiger partial charge in [0.15, 0.2) is 0 Å². The van der Waals surface area contributed by atoms with E-state index >= 15 is 0 Å². The van der Waals surface area contributed by atoms with Crippen molar-refractivity contribution in [2.24, 2.45) is 5.41 Å². The van der Waals surface area contributed by atoms with Crippen LogP contribution in [0.25, 0.3) is 0 Å². The summed E-state index contributed by atoms with van der Waals surface area (Å²) in [6.45, 7) is 13.8. The first kappa shape index (κ1) is 27.7. The van der Waals surface area contributed by atoms with Crippen molar-refractivity contribution in [3.8, 4) is 0 Å². The molecule has 2 amide bonds. The Kier molecular flexibility index (Phi) is 13.1. The third-order valence-corrected chi connectivity index (χ3v) is 6.86. The Morgan fingerprint density at radius 1 is 0.903 bits per heavy atom. The predicted molar refractivity (Wildman–Crippen MR) is 132 cm³/mol. The number of unbranched alkanes of at least 4 members (excludes halogenated alkanes) is 6. The van der Waals surface area contributed by atoms with Crippen LogP contribution >= 0.6 is 0 Å². The lowest BCUT2D eigenvalue weighted by atomic mass is 9.83. The third-order valence-electron chi connectivity index (χ3n) is 6.86. The van der Waals surface area contributed by atoms with Crippen molar-refractivity contribution in [3.05, 3.63) is 12.2 Å². The minimum atomic E-state index is -0.253. The van der Waals surface area contributed by atoms with E-state index in [1.807, 2.05) is 7.05 Å². The summed E-state index contributed by atoms with van der Waals surface area (Å²) in [6, 6.07) is 0.474. The fraction of sp³-hybridized carbons (Fsp3) is 0.852. The van der Waals surface area contributed by atoms with Crippen LogP contribution in [0.3, 0.4) is 0 Å². The van der Waals surface area contributed by atoms with Gasteiger partial charge in [0.2, 0.25) is 11.8 Å². The largest absolute Gasteiger partial charge is 0.342 e. The van der Waals surface area contributed by atoms with E-state index in [2.05, 4.69) is 32.3 Å². The molecule has 0 aromatic rings. The number of likely N-dealkylation sites (N-methyl/N-ethyl adjacent to an activating group) is 1. The quantitative estimate of drug-likeness (QED) is 0.211. The predicted octanol–water partition coefficient (Wildman–Crippen LogP) is 6.74. The summed E-state index contributed by atoms with van der Waals surface area (Å²) < 4.78 is 0. The molecule has 4 heteroatoms. The number of hydrogen-bond donors (Lipinski definition) is 0. The fourth-order valence-electron chi connectivity index (χ4n) is 4.72. The van der Waals surface area contributed by atoms with E-state index in [1.165, 1.54) is 51.4 Å². The van der Waals surface area contributed by atoms with Crippen LogP contribution < -0.4 is 0 Å². The molecule has 1 fully saturated rings. The van der Waals surface area contributed by atoms with E-state index < -0.39 is 0 Å². The molecule has 0 aliphatic heterocycles. The molecule has 4 nitrogen and oxygen atoms in total. The zero-order valence-corrected chi connectivity index (χ0v) is 21.3. The van der Waals surface area contributed by atoms with Crippen molar-refractivity contribution in [3.63, 3.8) is 0 Å². The molecule has 1 saturated carbocycles. The standard InChI is InChI=1S/C27H50N2O2/c1-7-8-22-29(24-18-14-13-15-19-24)26(31)27(4,5)20-16-11-9-10-12-17-21-28(6)25(30)23(2)3/h24H,2,7-22H2,1,3-6H3. The average Bonchev–Trinajstić information content (AvgIpc) is 2.75. The van der Waals surface area contributed by atoms with Gasteiger partial charge >= 0.3 is 0 Å². The van der Waals surface area contributed by atoms with Crippen LogP contribution in [-0.2, 0) is 9.59 Å². The molecule has 0 spiro atoms. The molecule has 0 atom stereocenters. The van der Waals surface area contributed by atoms with Gasteiger partial charge in [-0.25, -0.2) is 0 Å². The maximum Gasteiger partial charge on any atom is 0.248 e. The highest BCUT2D eigenvalue weighted by molar-refractivity contribution is 5.91. The Labute approximate surface area is 192 Å². The van der Waals surface area contributed by atoms with Crippen LogP contribution in [0, 0.1) is 5.41 Å². The van der Waals surface area contributed by atoms with Crippen molar-refractivity contribution in [2.75, 3.05) is 20.1 Å². The summed E-state index contributed by atoms with van der Waals surface area (Å²) in [5, 5.41) is 0. The average molecular weight is 435 g/mol. The minimum Gasteiger partial charge on any atom is -0.342 e. The summed E-state index contributed by atoms with van der Waals surface area (Å²) >= 11 is 0. The van der Waals surface area contributed by atoms with Crippen molar-refractivity contribution in [1.82, 2.24) is 9.80 Å². The molecule has 180 valence electrons. The van der Waals surface area contributed by atoms with Crippen LogP contribution in [0.1, 0.15) is 118 Å². The Morgan fingerprint density at radius 2 is 1.48 bits per heavy atom. The molecule has 0 saturated heterocycles. The van der Waals surface area contributed by atoms with Crippen molar-refractivity contribution >= 4 is 11.8 Å². The molecule has 0 unspecified atom stereocenters. The minimum absolute atomic E-state index is 0.0492. The van der Waals surface area contributed by atoms with Gasteiger partial charge in [0, 0.05) is 37.2 Å². The van der Waals surface area contributed by atoms with Crippen LogP contribution in [0.15, 0.2) is 12.2 Å². The number of amides is 2. The molecule has 1 rings (SSSR count). The van der Waals surface area contributed by atoms with E-state index in [9.17, 15) is 9.59 Å². The van der Waals surface area contributed by atoms with Gasteiger partial charge in [-0.1, -0.05) is 85.1 Å². The van der Waals surface area contributed by atoms with E-state index in [0.717, 1.165) is 51.6 Å². The fourth-order valence-corrected chi connectivity index (χ4v) is 4.72. The van der Waals surface area contributed by atoms with Crippen LogP contribution in [-0.4, -0.2) is 47.8 Å². The van der Waals surface area contributed by atoms with Gasteiger partial charge in [0.25, 0.3) is 0 Å². The second-order valence-corrected chi connectivity index (χ2v) is 10.4. The summed E-state index contributed by atoms with van der Waals surface area (Å²) in [7, 11) is 1.85. The molecular formula is C27H50N2O2. The van der Waals surface area contributed by atoms with Crippen molar-refractivity contribution in [1.29, 1.82) is 0 Å². The van der Waals surface area contributed by atoms with Gasteiger partial charge in [0.05, 0.1) is 0 Å². The van der Waals surface area contributed by atoms with Gasteiger partial charge in [-0.15, -0.1) is 0 Å². The highest BCUT2D eigenvalue weighted by Crippen LogP contribution is 2.31. The van der Waals surface area contributed by atoms with E-state index in [4.69, 9.17) is 0 Å². The Hall–Kier alpha value is -1.32. The first-order valence-corrected chi connectivity index (χ1v) is 12.9. The highest BCUT2D eigenvalue weighted by atomic mass is 16.2. The molecule has 0 aromatic carbocycles. The first-order valence-electron chi connectivity index (χ1n) is 12.9. The Bertz CT molecular complexity index is 549. The van der Waals surface area contributed by atoms with Gasteiger partial charge < -0.3 is 9.80 Å². The van der Waals surface area contributed by atoms with Crippen molar-refractivity contribution < 1.29 is 9.59 Å². The van der Waals surface area contributed by atoms with E-state index in [-0.39, 0.29) is 11.3 Å². The van der Waals surface area contributed by atoms with Crippen LogP contribution in [0.2, 0.25) is 0 Å². The Balaban J connectivity index is 2.31. The normalized spacial score (nSPS) is 15.0. The highest BCUT2D eigenvalue weighted by Gasteiger charge is 2.35. The van der Waals surface area contributed by atoms with Crippen molar-refractivity contribution in [2.45, 2.75) is 124 Å². The zero-order valence-electron chi connectivity index (χ0n) is 21.3. The number of carbonyl (C=O) groups is 2. The molecule has 0 aromatic heterocycles. The summed E-state index contributed by atoms with van der Waals surface area (Å²) in [5.74, 6) is 0.436. The summed E-state index contributed by atoms with van der Waals surface area (Å²) in [6.07, 6.45) is 16.4. The SMILES string of the molecule is C=C(C)C(=O)N(C)CCCCCCCCC(C)(C)C(=O)N(CCCC)C1CCCCC1. The van der Waals surface area contributed by atoms with Crippen LogP contribution in [0.4, 0.5) is 0 Å². The number of nitrogens with zero attached hydrogens (tertiary/aromatic N) is 2. The second kappa shape index (κ2) is 14.7. The lowest BCUT2D eigenvalue weighted by molar-refractivity contribution is -0.144. The molecule has 0 heterocycles. The second-order valence-electron chi connectivity index (χ2n) is 10.4. The molecule has 0 bridgehead atoms. The maximum absolute atomic E-state index is 13.4. The van der Waals surface area contributed by atoms with Gasteiger partial charge in [-0.05, 0) is 39.0 Å². The summed E-state index contributed by atoms with van der Waals surface area (Å²) in [5.41, 5.74) is 0.355. The molecular weight excluding hydrogens is 384 g/mol. The molecule has 1 aliphatic carbocycles. The first-order chi connectivity index (χ1) is 14.7. The third kappa shape index (κ3) is 10.2. The Morgan fingerprint density at radius 3 is 2.06 bits per heavy atom. The zero-order chi connectivity index (χ0) is 23.3.